The van der Waals surface area contributed by atoms with Gasteiger partial charge < -0.3 is 15.5 Å². The van der Waals surface area contributed by atoms with Crippen LogP contribution in [0.4, 0.5) is 10.5 Å². The van der Waals surface area contributed by atoms with Gasteiger partial charge in [-0.3, -0.25) is 4.79 Å². The summed E-state index contributed by atoms with van der Waals surface area (Å²) in [6, 6.07) is 5.39. The molecular formula is C19H28ClN3O2. The molecule has 1 aliphatic heterocycles. The lowest BCUT2D eigenvalue weighted by Gasteiger charge is -2.37. The third-order valence-corrected chi connectivity index (χ3v) is 5.17. The van der Waals surface area contributed by atoms with Crippen LogP contribution in [0.25, 0.3) is 0 Å². The SMILES string of the molecule is CCCCNC(=O)C1CCC(C)N(C(=O)Nc2ccc(C)c(Cl)c2)C1. The molecule has 6 heteroatoms. The average molecular weight is 366 g/mol. The number of anilines is 1. The van der Waals surface area contributed by atoms with Gasteiger partial charge in [0.25, 0.3) is 0 Å². The van der Waals surface area contributed by atoms with E-state index < -0.39 is 0 Å². The maximum atomic E-state index is 12.6. The molecular weight excluding hydrogens is 338 g/mol. The summed E-state index contributed by atoms with van der Waals surface area (Å²) in [6.07, 6.45) is 3.68. The molecule has 0 saturated carbocycles. The Labute approximate surface area is 155 Å². The summed E-state index contributed by atoms with van der Waals surface area (Å²) in [6.45, 7) is 7.19. The molecule has 2 N–H and O–H groups in total. The number of nitrogens with one attached hydrogen (secondary N) is 2. The van der Waals surface area contributed by atoms with Crippen molar-refractivity contribution in [2.75, 3.05) is 18.4 Å². The number of hydrogen-bond acceptors (Lipinski definition) is 2. The Hall–Kier alpha value is -1.75. The number of likely N-dealkylation sites (tertiary alicyclic amines) is 1. The zero-order chi connectivity index (χ0) is 18.4. The summed E-state index contributed by atoms with van der Waals surface area (Å²) < 4.78 is 0. The van der Waals surface area contributed by atoms with Crippen molar-refractivity contribution in [1.29, 1.82) is 0 Å². The standard InChI is InChI=1S/C19H28ClN3O2/c1-4-5-10-21-18(24)15-8-7-14(3)23(12-15)19(25)22-16-9-6-13(2)17(20)11-16/h6,9,11,14-15H,4-5,7-8,10,12H2,1-3H3,(H,21,24)(H,22,25). The van der Waals surface area contributed by atoms with Crippen LogP contribution in [-0.4, -0.2) is 36.0 Å². The number of aryl methyl sites for hydroxylation is 1. The number of carbonyl (C=O) groups excluding carboxylic acids is 2. The molecule has 0 bridgehead atoms. The van der Waals surface area contributed by atoms with E-state index in [2.05, 4.69) is 17.6 Å². The smallest absolute Gasteiger partial charge is 0.322 e. The van der Waals surface area contributed by atoms with Crippen molar-refractivity contribution in [1.82, 2.24) is 10.2 Å². The molecule has 3 amide bonds. The molecule has 5 nitrogen and oxygen atoms in total. The number of unbranched alkanes of at least 4 members (excludes halogenated alkanes) is 1. The summed E-state index contributed by atoms with van der Waals surface area (Å²) >= 11 is 6.12. The number of carbonyl (C=O) groups is 2. The zero-order valence-electron chi connectivity index (χ0n) is 15.3. The van der Waals surface area contributed by atoms with Crippen LogP contribution in [0, 0.1) is 12.8 Å². The Balaban J connectivity index is 1.97. The van der Waals surface area contributed by atoms with Gasteiger partial charge in [-0.05, 0) is 50.8 Å². The molecule has 1 aromatic carbocycles. The lowest BCUT2D eigenvalue weighted by atomic mass is 9.93. The van der Waals surface area contributed by atoms with E-state index in [1.807, 2.05) is 26.0 Å². The number of nitrogens with zero attached hydrogens (tertiary/aromatic N) is 1. The van der Waals surface area contributed by atoms with Crippen LogP contribution in [0.5, 0.6) is 0 Å². The molecule has 1 aromatic rings. The van der Waals surface area contributed by atoms with Crippen LogP contribution in [0.2, 0.25) is 5.02 Å². The predicted molar refractivity (Wildman–Crippen MR) is 102 cm³/mol. The maximum absolute atomic E-state index is 12.6. The number of piperidine rings is 1. The molecule has 1 saturated heterocycles. The second-order valence-electron chi connectivity index (χ2n) is 6.81. The van der Waals surface area contributed by atoms with Gasteiger partial charge in [0.1, 0.15) is 0 Å². The maximum Gasteiger partial charge on any atom is 0.322 e. The van der Waals surface area contributed by atoms with Gasteiger partial charge in [-0.25, -0.2) is 4.79 Å². The minimum absolute atomic E-state index is 0.0523. The highest BCUT2D eigenvalue weighted by Crippen LogP contribution is 2.24. The predicted octanol–water partition coefficient (Wildman–Crippen LogP) is 4.20. The van der Waals surface area contributed by atoms with Gasteiger partial charge >= 0.3 is 6.03 Å². The Kier molecular flexibility index (Phi) is 7.12. The van der Waals surface area contributed by atoms with Gasteiger partial charge in [0.15, 0.2) is 0 Å². The monoisotopic (exact) mass is 365 g/mol. The van der Waals surface area contributed by atoms with Gasteiger partial charge in [-0.2, -0.15) is 0 Å². The molecule has 0 aromatic heterocycles. The number of amides is 3. The first kappa shape index (κ1) is 19.6. The normalized spacial score (nSPS) is 20.2. The lowest BCUT2D eigenvalue weighted by molar-refractivity contribution is -0.126. The fourth-order valence-electron chi connectivity index (χ4n) is 3.00. The van der Waals surface area contributed by atoms with Gasteiger partial charge in [0, 0.05) is 29.8 Å². The van der Waals surface area contributed by atoms with E-state index in [4.69, 9.17) is 11.6 Å². The van der Waals surface area contributed by atoms with E-state index in [1.54, 1.807) is 11.0 Å². The van der Waals surface area contributed by atoms with Gasteiger partial charge in [0.05, 0.1) is 5.92 Å². The summed E-state index contributed by atoms with van der Waals surface area (Å²) in [5.74, 6) is -0.0862. The van der Waals surface area contributed by atoms with Crippen molar-refractivity contribution >= 4 is 29.2 Å². The Morgan fingerprint density at radius 2 is 2.08 bits per heavy atom. The first-order valence-corrected chi connectivity index (χ1v) is 9.41. The summed E-state index contributed by atoms with van der Waals surface area (Å²) in [7, 11) is 0. The molecule has 25 heavy (non-hydrogen) atoms. The van der Waals surface area contributed by atoms with Crippen LogP contribution in [0.3, 0.4) is 0 Å². The van der Waals surface area contributed by atoms with E-state index in [9.17, 15) is 9.59 Å². The van der Waals surface area contributed by atoms with Crippen LogP contribution in [0.15, 0.2) is 18.2 Å². The average Bonchev–Trinajstić information content (AvgIpc) is 2.58. The number of rotatable bonds is 5. The molecule has 1 fully saturated rings. The number of hydrogen-bond donors (Lipinski definition) is 2. The fraction of sp³-hybridized carbons (Fsp3) is 0.579. The van der Waals surface area contributed by atoms with Gasteiger partial charge in [0.2, 0.25) is 5.91 Å². The van der Waals surface area contributed by atoms with Crippen LogP contribution in [0.1, 0.15) is 45.1 Å². The first-order chi connectivity index (χ1) is 11.9. The third kappa shape index (κ3) is 5.36. The highest BCUT2D eigenvalue weighted by atomic mass is 35.5. The van der Waals surface area contributed by atoms with Crippen LogP contribution < -0.4 is 10.6 Å². The molecule has 2 rings (SSSR count). The molecule has 0 spiro atoms. The summed E-state index contributed by atoms with van der Waals surface area (Å²) in [5, 5.41) is 6.49. The minimum atomic E-state index is -0.182. The molecule has 2 atom stereocenters. The van der Waals surface area contributed by atoms with Gasteiger partial charge in [-0.15, -0.1) is 0 Å². The van der Waals surface area contributed by atoms with E-state index in [0.717, 1.165) is 31.2 Å². The third-order valence-electron chi connectivity index (χ3n) is 4.77. The Bertz CT molecular complexity index is 621. The van der Waals surface area contributed by atoms with Crippen LogP contribution >= 0.6 is 11.6 Å². The highest BCUT2D eigenvalue weighted by molar-refractivity contribution is 6.31. The van der Waals surface area contributed by atoms with Crippen molar-refractivity contribution < 1.29 is 9.59 Å². The van der Waals surface area contributed by atoms with E-state index >= 15 is 0 Å². The molecule has 2 unspecified atom stereocenters. The zero-order valence-corrected chi connectivity index (χ0v) is 16.0. The van der Waals surface area contributed by atoms with Crippen molar-refractivity contribution in [3.05, 3.63) is 28.8 Å². The van der Waals surface area contributed by atoms with Gasteiger partial charge in [-0.1, -0.05) is 31.0 Å². The summed E-state index contributed by atoms with van der Waals surface area (Å²) in [5.41, 5.74) is 1.64. The summed E-state index contributed by atoms with van der Waals surface area (Å²) in [4.78, 5) is 26.7. The number of benzene rings is 1. The van der Waals surface area contributed by atoms with Crippen molar-refractivity contribution in [3.8, 4) is 0 Å². The molecule has 1 aliphatic rings. The quantitative estimate of drug-likeness (QED) is 0.768. The molecule has 138 valence electrons. The van der Waals surface area contributed by atoms with E-state index in [-0.39, 0.29) is 23.9 Å². The topological polar surface area (TPSA) is 61.4 Å². The van der Waals surface area contributed by atoms with Crippen LogP contribution in [-0.2, 0) is 4.79 Å². The first-order valence-electron chi connectivity index (χ1n) is 9.03. The minimum Gasteiger partial charge on any atom is -0.356 e. The lowest BCUT2D eigenvalue weighted by Crippen LogP contribution is -2.50. The van der Waals surface area contributed by atoms with E-state index in [1.165, 1.54) is 0 Å². The highest BCUT2D eigenvalue weighted by Gasteiger charge is 2.32. The molecule has 0 aliphatic carbocycles. The van der Waals surface area contributed by atoms with Crippen molar-refractivity contribution in [2.24, 2.45) is 5.92 Å². The largest absolute Gasteiger partial charge is 0.356 e. The number of urea groups is 1. The Morgan fingerprint density at radius 3 is 2.76 bits per heavy atom. The van der Waals surface area contributed by atoms with Crippen molar-refractivity contribution in [3.63, 3.8) is 0 Å². The number of halogens is 1. The van der Waals surface area contributed by atoms with Crippen molar-refractivity contribution in [2.45, 2.75) is 52.5 Å². The second kappa shape index (κ2) is 9.09. The second-order valence-corrected chi connectivity index (χ2v) is 7.22. The fourth-order valence-corrected chi connectivity index (χ4v) is 3.18. The molecule has 0 radical (unpaired) electrons. The van der Waals surface area contributed by atoms with E-state index in [0.29, 0.717) is 23.8 Å². The Morgan fingerprint density at radius 1 is 1.32 bits per heavy atom. The molecule has 1 heterocycles.